The van der Waals surface area contributed by atoms with Gasteiger partial charge in [-0.1, -0.05) is 77.3 Å². The molecule has 0 aromatic heterocycles. The third kappa shape index (κ3) is 4.86. The van der Waals surface area contributed by atoms with Crippen LogP contribution in [0.4, 0.5) is 11.4 Å². The molecule has 3 fully saturated rings. The molecular formula is C41H34ClN3O6. The van der Waals surface area contributed by atoms with Gasteiger partial charge in [0.25, 0.3) is 11.8 Å². The van der Waals surface area contributed by atoms with Crippen LogP contribution in [0, 0.1) is 30.6 Å². The van der Waals surface area contributed by atoms with Crippen molar-refractivity contribution in [3.63, 3.8) is 0 Å². The lowest BCUT2D eigenvalue weighted by Crippen LogP contribution is -2.53. The maximum Gasteiger partial charge on any atom is 0.260 e. The van der Waals surface area contributed by atoms with Gasteiger partial charge in [0.05, 0.1) is 34.5 Å². The van der Waals surface area contributed by atoms with E-state index in [0.29, 0.717) is 28.1 Å². The molecule has 4 amide bonds. The number of benzene rings is 4. The summed E-state index contributed by atoms with van der Waals surface area (Å²) in [5.41, 5.74) is 5.94. The van der Waals surface area contributed by atoms with Crippen molar-refractivity contribution in [1.82, 2.24) is 5.01 Å². The highest BCUT2D eigenvalue weighted by atomic mass is 35.5. The summed E-state index contributed by atoms with van der Waals surface area (Å²) in [5, 5.41) is 11.7. The smallest absolute Gasteiger partial charge is 0.260 e. The summed E-state index contributed by atoms with van der Waals surface area (Å²) in [6.45, 7) is 3.39. The molecule has 1 saturated carbocycles. The van der Waals surface area contributed by atoms with Crippen molar-refractivity contribution in [3.05, 3.63) is 136 Å². The van der Waals surface area contributed by atoms with Gasteiger partial charge < -0.3 is 5.11 Å². The van der Waals surface area contributed by atoms with Crippen LogP contribution < -0.4 is 10.3 Å². The first-order valence-electron chi connectivity index (χ1n) is 17.0. The first kappa shape index (κ1) is 32.7. The second-order valence-electron chi connectivity index (χ2n) is 13.9. The van der Waals surface area contributed by atoms with Gasteiger partial charge in [0.15, 0.2) is 5.78 Å². The third-order valence-electron chi connectivity index (χ3n) is 11.2. The number of nitrogens with one attached hydrogen (secondary N) is 1. The molecule has 2 aliphatic carbocycles. The highest BCUT2D eigenvalue weighted by Gasteiger charge is 2.70. The van der Waals surface area contributed by atoms with Gasteiger partial charge >= 0.3 is 0 Å². The van der Waals surface area contributed by atoms with E-state index >= 15 is 4.79 Å². The van der Waals surface area contributed by atoms with Gasteiger partial charge in [0, 0.05) is 16.5 Å². The summed E-state index contributed by atoms with van der Waals surface area (Å²) >= 11 is 6.93. The molecule has 4 aliphatic rings. The molecule has 2 aliphatic heterocycles. The van der Waals surface area contributed by atoms with Crippen LogP contribution in [0.2, 0.25) is 5.02 Å². The number of aryl methyl sites for hydroxylation is 1. The van der Waals surface area contributed by atoms with Crippen molar-refractivity contribution in [3.8, 4) is 5.75 Å². The number of nitrogens with zero attached hydrogens (tertiary/aromatic N) is 2. The summed E-state index contributed by atoms with van der Waals surface area (Å²) in [7, 11) is 0. The average molecular weight is 700 g/mol. The Hall–Kier alpha value is -5.54. The number of allylic oxidation sites excluding steroid dienone is 2. The maximum atomic E-state index is 15.2. The van der Waals surface area contributed by atoms with E-state index in [4.69, 9.17) is 11.6 Å². The van der Waals surface area contributed by atoms with Gasteiger partial charge in [0.2, 0.25) is 11.8 Å². The number of ketones is 1. The van der Waals surface area contributed by atoms with E-state index in [9.17, 15) is 24.3 Å². The van der Waals surface area contributed by atoms with E-state index in [2.05, 4.69) is 5.43 Å². The molecular weight excluding hydrogens is 666 g/mol. The van der Waals surface area contributed by atoms with E-state index in [1.807, 2.05) is 55.5 Å². The van der Waals surface area contributed by atoms with E-state index < -0.39 is 46.8 Å². The number of imide groups is 2. The largest absolute Gasteiger partial charge is 0.508 e. The van der Waals surface area contributed by atoms with Crippen LogP contribution in [0.3, 0.4) is 0 Å². The molecule has 2 N–H and O–H groups in total. The van der Waals surface area contributed by atoms with Crippen LogP contribution in [0.5, 0.6) is 5.75 Å². The Labute approximate surface area is 299 Å². The van der Waals surface area contributed by atoms with Crippen molar-refractivity contribution in [1.29, 1.82) is 0 Å². The van der Waals surface area contributed by atoms with Crippen LogP contribution >= 0.6 is 11.6 Å². The summed E-state index contributed by atoms with van der Waals surface area (Å²) in [4.78, 5) is 71.6. The number of halogens is 1. The quantitative estimate of drug-likeness (QED) is 0.130. The fraction of sp³-hybridized carbons (Fsp3) is 0.244. The van der Waals surface area contributed by atoms with Crippen molar-refractivity contribution in [2.45, 2.75) is 38.0 Å². The number of carbonyl (C=O) groups excluding carboxylic acids is 5. The first-order chi connectivity index (χ1) is 24.5. The first-order valence-corrected chi connectivity index (χ1v) is 17.3. The lowest BCUT2D eigenvalue weighted by molar-refractivity contribution is -0.138. The van der Waals surface area contributed by atoms with Crippen molar-refractivity contribution in [2.75, 3.05) is 10.3 Å². The van der Waals surface area contributed by atoms with Gasteiger partial charge in [-0.3, -0.25) is 34.3 Å². The number of phenolic OH excluding ortho intramolecular Hbond substituents is 1. The Balaban J connectivity index is 1.30. The fourth-order valence-corrected chi connectivity index (χ4v) is 9.23. The van der Waals surface area contributed by atoms with Crippen LogP contribution in [0.25, 0.3) is 0 Å². The van der Waals surface area contributed by atoms with E-state index in [-0.39, 0.29) is 41.2 Å². The number of hydrogen-bond acceptors (Lipinski definition) is 7. The van der Waals surface area contributed by atoms with E-state index in [0.717, 1.165) is 16.1 Å². The number of amides is 4. The van der Waals surface area contributed by atoms with Crippen LogP contribution in [0.1, 0.15) is 52.7 Å². The number of hydrazine groups is 1. The minimum absolute atomic E-state index is 0.0569. The zero-order chi connectivity index (χ0) is 35.8. The Morgan fingerprint density at radius 1 is 0.863 bits per heavy atom. The Kier molecular flexibility index (Phi) is 7.72. The van der Waals surface area contributed by atoms with Gasteiger partial charge in [-0.25, -0.2) is 0 Å². The lowest BCUT2D eigenvalue weighted by atomic mass is 9.49. The summed E-state index contributed by atoms with van der Waals surface area (Å²) in [6, 6.07) is 27.6. The molecule has 0 radical (unpaired) electrons. The number of phenols is 1. The molecule has 8 rings (SSSR count). The molecule has 9 nitrogen and oxygen atoms in total. The van der Waals surface area contributed by atoms with Crippen molar-refractivity contribution >= 4 is 52.4 Å². The van der Waals surface area contributed by atoms with Crippen LogP contribution in [-0.2, 0) is 24.6 Å². The predicted molar refractivity (Wildman–Crippen MR) is 191 cm³/mol. The molecule has 2 heterocycles. The minimum Gasteiger partial charge on any atom is -0.508 e. The average Bonchev–Trinajstić information content (AvgIpc) is 3.50. The van der Waals surface area contributed by atoms with Gasteiger partial charge in [-0.15, -0.1) is 0 Å². The van der Waals surface area contributed by atoms with E-state index in [1.165, 1.54) is 24.0 Å². The maximum absolute atomic E-state index is 15.2. The normalized spacial score (nSPS) is 26.8. The second-order valence-corrected chi connectivity index (χ2v) is 14.3. The number of fused-ring (bicyclic) bond motifs is 4. The standard InChI is InChI=1S/C41H34ClN3O6/c1-22-8-12-26(13-9-22)43-45-38(49)33-21-32-29(18-19-31-35(32)39(50)44(37(31)48)27-14-10-24(11-15-27)23(2)46)36(30-17-16-28(47)20-34(30)42)41(33,40(45)51)25-6-4-3-5-7-25/h3-18,20,31-33,35-36,43,47H,19,21H2,1-2H3. The van der Waals surface area contributed by atoms with Gasteiger partial charge in [0.1, 0.15) is 5.75 Å². The number of hydrogen-bond donors (Lipinski definition) is 2. The molecule has 6 unspecified atom stereocenters. The highest BCUT2D eigenvalue weighted by molar-refractivity contribution is 6.31. The molecule has 51 heavy (non-hydrogen) atoms. The Morgan fingerprint density at radius 2 is 1.57 bits per heavy atom. The molecule has 0 spiro atoms. The minimum atomic E-state index is -1.47. The number of aromatic hydroxyl groups is 1. The Bertz CT molecular complexity index is 2170. The zero-order valence-electron chi connectivity index (χ0n) is 27.9. The zero-order valence-corrected chi connectivity index (χ0v) is 28.6. The third-order valence-corrected chi connectivity index (χ3v) is 11.5. The van der Waals surface area contributed by atoms with Crippen LogP contribution in [0.15, 0.2) is 109 Å². The highest BCUT2D eigenvalue weighted by Crippen LogP contribution is 2.64. The second kappa shape index (κ2) is 12.1. The number of anilines is 2. The fourth-order valence-electron chi connectivity index (χ4n) is 8.94. The number of Topliss-reactive ketones (excluding diaryl/α,β-unsaturated/α-hetero) is 1. The predicted octanol–water partition coefficient (Wildman–Crippen LogP) is 6.75. The summed E-state index contributed by atoms with van der Waals surface area (Å²) in [6.07, 6.45) is 2.35. The number of rotatable bonds is 6. The monoisotopic (exact) mass is 699 g/mol. The SMILES string of the molecule is CC(=O)c1ccc(N2C(=O)C3CC=C4C(CC5C(=O)N(Nc6ccc(C)cc6)C(=O)C5(c5ccccc5)C4c4ccc(O)cc4Cl)C3C2=O)cc1. The van der Waals surface area contributed by atoms with Gasteiger partial charge in [-0.2, -0.15) is 5.01 Å². The van der Waals surface area contributed by atoms with Crippen LogP contribution in [-0.4, -0.2) is 39.5 Å². The topological polar surface area (TPSA) is 124 Å². The van der Waals surface area contributed by atoms with Gasteiger partial charge in [-0.05, 0) is 92.3 Å². The van der Waals surface area contributed by atoms with Crippen molar-refractivity contribution < 1.29 is 29.1 Å². The Morgan fingerprint density at radius 3 is 2.24 bits per heavy atom. The molecule has 256 valence electrons. The molecule has 10 heteroatoms. The lowest BCUT2D eigenvalue weighted by Gasteiger charge is -2.50. The summed E-state index contributed by atoms with van der Waals surface area (Å²) < 4.78 is 0. The van der Waals surface area contributed by atoms with Crippen molar-refractivity contribution in [2.24, 2.45) is 23.7 Å². The molecule has 4 aromatic rings. The number of carbonyl (C=O) groups is 5. The molecule has 6 atom stereocenters. The van der Waals surface area contributed by atoms with E-state index in [1.54, 1.807) is 42.5 Å². The molecule has 4 aromatic carbocycles. The molecule has 0 bridgehead atoms. The molecule has 2 saturated heterocycles. The summed E-state index contributed by atoms with van der Waals surface area (Å²) in [5.74, 6) is -5.61.